The largest absolute Gasteiger partial charge is 0.309 e. The van der Waals surface area contributed by atoms with Crippen molar-refractivity contribution in [2.45, 2.75) is 26.7 Å². The van der Waals surface area contributed by atoms with Crippen LogP contribution in [0.1, 0.15) is 25.8 Å². The molecule has 1 aliphatic heterocycles. The van der Waals surface area contributed by atoms with Crippen LogP contribution >= 0.6 is 0 Å². The van der Waals surface area contributed by atoms with Gasteiger partial charge in [0.2, 0.25) is 5.91 Å². The Labute approximate surface area is 95.1 Å². The van der Waals surface area contributed by atoms with E-state index < -0.39 is 0 Å². The molecule has 0 spiro atoms. The van der Waals surface area contributed by atoms with Gasteiger partial charge in [0, 0.05) is 13.0 Å². The van der Waals surface area contributed by atoms with Crippen LogP contribution in [0.5, 0.6) is 0 Å². The third kappa shape index (κ3) is 1.94. The molecule has 16 heavy (non-hydrogen) atoms. The van der Waals surface area contributed by atoms with Crippen LogP contribution in [0.3, 0.4) is 0 Å². The van der Waals surface area contributed by atoms with E-state index in [1.54, 1.807) is 11.0 Å². The van der Waals surface area contributed by atoms with Crippen LogP contribution < -0.4 is 4.90 Å². The van der Waals surface area contributed by atoms with Crippen molar-refractivity contribution < 1.29 is 9.18 Å². The van der Waals surface area contributed by atoms with E-state index >= 15 is 0 Å². The SMILES string of the molecule is CC(C)CC(=O)N1CCc2cccc(F)c21. The summed E-state index contributed by atoms with van der Waals surface area (Å²) in [5, 5.41) is 0. The first kappa shape index (κ1) is 11.1. The van der Waals surface area contributed by atoms with E-state index in [2.05, 4.69) is 0 Å². The zero-order chi connectivity index (χ0) is 11.7. The Bertz CT molecular complexity index is 414. The standard InChI is InChI=1S/C13H16FNO/c1-9(2)8-12(16)15-7-6-10-4-3-5-11(14)13(10)15/h3-5,9H,6-8H2,1-2H3. The Morgan fingerprint density at radius 3 is 2.94 bits per heavy atom. The topological polar surface area (TPSA) is 20.3 Å². The second-order valence-electron chi connectivity index (χ2n) is 4.64. The molecule has 0 radical (unpaired) electrons. The molecule has 1 amide bonds. The molecule has 0 saturated carbocycles. The number of para-hydroxylation sites is 1. The molecule has 2 nitrogen and oxygen atoms in total. The van der Waals surface area contributed by atoms with E-state index in [9.17, 15) is 9.18 Å². The lowest BCUT2D eigenvalue weighted by Crippen LogP contribution is -2.30. The van der Waals surface area contributed by atoms with Crippen molar-refractivity contribution in [3.05, 3.63) is 29.6 Å². The molecule has 0 N–H and O–H groups in total. The van der Waals surface area contributed by atoms with Crippen LogP contribution in [0.15, 0.2) is 18.2 Å². The predicted molar refractivity (Wildman–Crippen MR) is 61.9 cm³/mol. The normalized spacial score (nSPS) is 14.4. The van der Waals surface area contributed by atoms with E-state index in [1.807, 2.05) is 19.9 Å². The molecule has 1 aromatic carbocycles. The van der Waals surface area contributed by atoms with Crippen LogP contribution in [0.2, 0.25) is 0 Å². The fraction of sp³-hybridized carbons (Fsp3) is 0.462. The predicted octanol–water partition coefficient (Wildman–Crippen LogP) is 2.76. The van der Waals surface area contributed by atoms with Gasteiger partial charge in [0.25, 0.3) is 0 Å². The molecule has 1 heterocycles. The van der Waals surface area contributed by atoms with Gasteiger partial charge in [-0.2, -0.15) is 0 Å². The Hall–Kier alpha value is -1.38. The number of hydrogen-bond donors (Lipinski definition) is 0. The van der Waals surface area contributed by atoms with Crippen molar-refractivity contribution in [2.75, 3.05) is 11.4 Å². The van der Waals surface area contributed by atoms with Gasteiger partial charge in [-0.15, -0.1) is 0 Å². The number of rotatable bonds is 2. The van der Waals surface area contributed by atoms with Crippen molar-refractivity contribution >= 4 is 11.6 Å². The molecule has 86 valence electrons. The van der Waals surface area contributed by atoms with Crippen LogP contribution in [0.25, 0.3) is 0 Å². The van der Waals surface area contributed by atoms with Crippen molar-refractivity contribution in [2.24, 2.45) is 5.92 Å². The molecule has 0 saturated heterocycles. The smallest absolute Gasteiger partial charge is 0.227 e. The first-order valence-electron chi connectivity index (χ1n) is 5.67. The molecule has 0 fully saturated rings. The average Bonchev–Trinajstić information content (AvgIpc) is 2.61. The second-order valence-corrected chi connectivity index (χ2v) is 4.64. The molecule has 0 atom stereocenters. The number of carbonyl (C=O) groups excluding carboxylic acids is 1. The van der Waals surface area contributed by atoms with Crippen molar-refractivity contribution in [3.8, 4) is 0 Å². The second kappa shape index (κ2) is 4.24. The molecule has 0 bridgehead atoms. The van der Waals surface area contributed by atoms with E-state index in [0.29, 0.717) is 24.6 Å². The van der Waals surface area contributed by atoms with Gasteiger partial charge in [0.1, 0.15) is 5.82 Å². The summed E-state index contributed by atoms with van der Waals surface area (Å²) in [6.45, 7) is 4.61. The van der Waals surface area contributed by atoms with Gasteiger partial charge in [-0.1, -0.05) is 26.0 Å². The summed E-state index contributed by atoms with van der Waals surface area (Å²) in [4.78, 5) is 13.5. The minimum Gasteiger partial charge on any atom is -0.309 e. The highest BCUT2D eigenvalue weighted by Crippen LogP contribution is 2.31. The number of fused-ring (bicyclic) bond motifs is 1. The zero-order valence-electron chi connectivity index (χ0n) is 9.66. The van der Waals surface area contributed by atoms with Gasteiger partial charge < -0.3 is 4.90 Å². The first-order valence-corrected chi connectivity index (χ1v) is 5.67. The maximum atomic E-state index is 13.6. The third-order valence-electron chi connectivity index (χ3n) is 2.83. The molecular formula is C13H16FNO. The summed E-state index contributed by atoms with van der Waals surface area (Å²) in [7, 11) is 0. The summed E-state index contributed by atoms with van der Waals surface area (Å²) < 4.78 is 13.6. The van der Waals surface area contributed by atoms with Crippen molar-refractivity contribution in [1.29, 1.82) is 0 Å². The Morgan fingerprint density at radius 1 is 1.50 bits per heavy atom. The number of benzene rings is 1. The van der Waals surface area contributed by atoms with Crippen LogP contribution in [-0.4, -0.2) is 12.5 Å². The summed E-state index contributed by atoms with van der Waals surface area (Å²) in [5.41, 5.74) is 1.44. The average molecular weight is 221 g/mol. The monoisotopic (exact) mass is 221 g/mol. The lowest BCUT2D eigenvalue weighted by atomic mass is 10.1. The number of anilines is 1. The number of halogens is 1. The lowest BCUT2D eigenvalue weighted by Gasteiger charge is -2.18. The first-order chi connectivity index (χ1) is 7.59. The number of nitrogens with zero attached hydrogens (tertiary/aromatic N) is 1. The molecule has 0 aliphatic carbocycles. The minimum atomic E-state index is -0.285. The van der Waals surface area contributed by atoms with Gasteiger partial charge in [-0.3, -0.25) is 4.79 Å². The highest BCUT2D eigenvalue weighted by atomic mass is 19.1. The van der Waals surface area contributed by atoms with E-state index in [-0.39, 0.29) is 11.7 Å². The van der Waals surface area contributed by atoms with E-state index in [1.165, 1.54) is 6.07 Å². The molecule has 1 aromatic rings. The van der Waals surface area contributed by atoms with Gasteiger partial charge in [-0.25, -0.2) is 4.39 Å². The number of carbonyl (C=O) groups is 1. The van der Waals surface area contributed by atoms with Gasteiger partial charge in [-0.05, 0) is 24.0 Å². The Kier molecular flexibility index (Phi) is 2.95. The molecule has 2 rings (SSSR count). The summed E-state index contributed by atoms with van der Waals surface area (Å²) >= 11 is 0. The zero-order valence-corrected chi connectivity index (χ0v) is 9.66. The fourth-order valence-electron chi connectivity index (χ4n) is 2.12. The number of amides is 1. The molecule has 0 aromatic heterocycles. The molecule has 0 unspecified atom stereocenters. The van der Waals surface area contributed by atoms with E-state index in [4.69, 9.17) is 0 Å². The minimum absolute atomic E-state index is 0.0267. The highest BCUT2D eigenvalue weighted by Gasteiger charge is 2.27. The van der Waals surface area contributed by atoms with Crippen LogP contribution in [-0.2, 0) is 11.2 Å². The van der Waals surface area contributed by atoms with Crippen LogP contribution in [0.4, 0.5) is 10.1 Å². The summed E-state index contributed by atoms with van der Waals surface area (Å²) in [6.07, 6.45) is 1.24. The molecular weight excluding hydrogens is 205 g/mol. The summed E-state index contributed by atoms with van der Waals surface area (Å²) in [5.74, 6) is 0.0503. The van der Waals surface area contributed by atoms with E-state index in [0.717, 1.165) is 12.0 Å². The van der Waals surface area contributed by atoms with Crippen molar-refractivity contribution in [1.82, 2.24) is 0 Å². The summed E-state index contributed by atoms with van der Waals surface area (Å²) in [6, 6.07) is 5.01. The lowest BCUT2D eigenvalue weighted by molar-refractivity contribution is -0.119. The van der Waals surface area contributed by atoms with Crippen molar-refractivity contribution in [3.63, 3.8) is 0 Å². The quantitative estimate of drug-likeness (QED) is 0.752. The highest BCUT2D eigenvalue weighted by molar-refractivity contribution is 5.95. The molecule has 3 heteroatoms. The maximum Gasteiger partial charge on any atom is 0.227 e. The Morgan fingerprint density at radius 2 is 2.25 bits per heavy atom. The fourth-order valence-corrected chi connectivity index (χ4v) is 2.12. The van der Waals surface area contributed by atoms with Gasteiger partial charge >= 0.3 is 0 Å². The molecule has 1 aliphatic rings. The van der Waals surface area contributed by atoms with Gasteiger partial charge in [0.05, 0.1) is 5.69 Å². The Balaban J connectivity index is 2.26. The third-order valence-corrected chi connectivity index (χ3v) is 2.83. The van der Waals surface area contributed by atoms with Gasteiger partial charge in [0.15, 0.2) is 0 Å². The van der Waals surface area contributed by atoms with Crippen LogP contribution in [0, 0.1) is 11.7 Å². The number of hydrogen-bond acceptors (Lipinski definition) is 1. The maximum absolute atomic E-state index is 13.6.